The van der Waals surface area contributed by atoms with Gasteiger partial charge in [0.1, 0.15) is 17.5 Å². The first kappa shape index (κ1) is 22.7. The Morgan fingerprint density at radius 1 is 1.00 bits per heavy atom. The Morgan fingerprint density at radius 3 is 2.38 bits per heavy atom. The van der Waals surface area contributed by atoms with E-state index in [1.807, 2.05) is 20.8 Å². The zero-order valence-electron chi connectivity index (χ0n) is 18.5. The summed E-state index contributed by atoms with van der Waals surface area (Å²) in [7, 11) is 1.50. The van der Waals surface area contributed by atoms with Crippen LogP contribution in [0.4, 0.5) is 5.69 Å². The lowest BCUT2D eigenvalue weighted by Gasteiger charge is -2.23. The van der Waals surface area contributed by atoms with Crippen LogP contribution in [0.15, 0.2) is 60.9 Å². The van der Waals surface area contributed by atoms with Gasteiger partial charge in [-0.3, -0.25) is 9.59 Å². The molecule has 0 aliphatic rings. The van der Waals surface area contributed by atoms with E-state index in [1.165, 1.54) is 7.11 Å². The van der Waals surface area contributed by atoms with E-state index in [-0.39, 0.29) is 23.7 Å². The molecule has 166 valence electrons. The molecule has 32 heavy (non-hydrogen) atoms. The molecule has 8 nitrogen and oxygen atoms in total. The summed E-state index contributed by atoms with van der Waals surface area (Å²) in [6, 6.07) is 13.3. The molecule has 3 aromatic rings. The standard InChI is InChI=1S/C24H26N4O4/c1-15(2)21(28-22(29)18-8-5-6-9-20(18)31-4)23(30)27-19-11-10-17(14-16(19)3)32-24-25-12-7-13-26-24/h5-15,21H,1-4H3,(H,27,30)(H,28,29). The molecule has 0 radical (unpaired) electrons. The number of ether oxygens (including phenoxy) is 2. The molecule has 0 aliphatic carbocycles. The van der Waals surface area contributed by atoms with Gasteiger partial charge in [-0.2, -0.15) is 0 Å². The smallest absolute Gasteiger partial charge is 0.321 e. The molecule has 8 heteroatoms. The molecule has 1 heterocycles. The lowest BCUT2D eigenvalue weighted by Crippen LogP contribution is -2.47. The van der Waals surface area contributed by atoms with E-state index in [4.69, 9.17) is 9.47 Å². The fraction of sp³-hybridized carbons (Fsp3) is 0.250. The fourth-order valence-corrected chi connectivity index (χ4v) is 3.08. The summed E-state index contributed by atoms with van der Waals surface area (Å²) in [4.78, 5) is 33.8. The van der Waals surface area contributed by atoms with E-state index in [1.54, 1.807) is 60.9 Å². The van der Waals surface area contributed by atoms with Gasteiger partial charge in [-0.15, -0.1) is 0 Å². The Morgan fingerprint density at radius 2 is 1.72 bits per heavy atom. The maximum atomic E-state index is 13.0. The van der Waals surface area contributed by atoms with Crippen molar-refractivity contribution in [1.82, 2.24) is 15.3 Å². The van der Waals surface area contributed by atoms with Gasteiger partial charge in [-0.1, -0.05) is 26.0 Å². The van der Waals surface area contributed by atoms with Crippen LogP contribution in [-0.2, 0) is 4.79 Å². The van der Waals surface area contributed by atoms with E-state index in [9.17, 15) is 9.59 Å². The van der Waals surface area contributed by atoms with Crippen molar-refractivity contribution in [1.29, 1.82) is 0 Å². The van der Waals surface area contributed by atoms with Crippen LogP contribution in [0.3, 0.4) is 0 Å². The summed E-state index contributed by atoms with van der Waals surface area (Å²) in [5.74, 6) is 0.177. The summed E-state index contributed by atoms with van der Waals surface area (Å²) in [6.45, 7) is 5.60. The van der Waals surface area contributed by atoms with Crippen molar-refractivity contribution in [3.8, 4) is 17.5 Å². The topological polar surface area (TPSA) is 102 Å². The lowest BCUT2D eigenvalue weighted by molar-refractivity contribution is -0.118. The zero-order chi connectivity index (χ0) is 23.1. The summed E-state index contributed by atoms with van der Waals surface area (Å²) in [5.41, 5.74) is 1.79. The number of hydrogen-bond acceptors (Lipinski definition) is 6. The summed E-state index contributed by atoms with van der Waals surface area (Å²) in [5, 5.41) is 5.72. The summed E-state index contributed by atoms with van der Waals surface area (Å²) >= 11 is 0. The van der Waals surface area contributed by atoms with Crippen molar-refractivity contribution in [2.24, 2.45) is 5.92 Å². The lowest BCUT2D eigenvalue weighted by atomic mass is 10.0. The van der Waals surface area contributed by atoms with Gasteiger partial charge < -0.3 is 20.1 Å². The average molecular weight is 434 g/mol. The molecular formula is C24H26N4O4. The van der Waals surface area contributed by atoms with Gasteiger partial charge in [0.15, 0.2) is 0 Å². The number of para-hydroxylation sites is 1. The maximum absolute atomic E-state index is 13.0. The third kappa shape index (κ3) is 5.60. The van der Waals surface area contributed by atoms with Crippen LogP contribution in [0, 0.1) is 12.8 Å². The molecular weight excluding hydrogens is 408 g/mol. The van der Waals surface area contributed by atoms with Crippen LogP contribution >= 0.6 is 0 Å². The molecule has 1 aromatic heterocycles. The number of nitrogens with zero attached hydrogens (tertiary/aromatic N) is 2. The van der Waals surface area contributed by atoms with E-state index in [0.29, 0.717) is 22.7 Å². The number of rotatable bonds is 8. The van der Waals surface area contributed by atoms with Gasteiger partial charge >= 0.3 is 6.01 Å². The maximum Gasteiger partial charge on any atom is 0.321 e. The second-order valence-corrected chi connectivity index (χ2v) is 7.49. The van der Waals surface area contributed by atoms with Gasteiger partial charge in [0.25, 0.3) is 5.91 Å². The minimum absolute atomic E-state index is 0.133. The number of aryl methyl sites for hydroxylation is 1. The van der Waals surface area contributed by atoms with E-state index in [0.717, 1.165) is 5.56 Å². The first-order valence-corrected chi connectivity index (χ1v) is 10.2. The van der Waals surface area contributed by atoms with Gasteiger partial charge in [0, 0.05) is 18.1 Å². The highest BCUT2D eigenvalue weighted by Crippen LogP contribution is 2.25. The normalized spacial score (nSPS) is 11.5. The number of aromatic nitrogens is 2. The number of carbonyl (C=O) groups is 2. The van der Waals surface area contributed by atoms with Crippen LogP contribution in [0.1, 0.15) is 29.8 Å². The third-order valence-electron chi connectivity index (χ3n) is 4.79. The molecule has 2 amide bonds. The Labute approximate surface area is 187 Å². The molecule has 0 spiro atoms. The van der Waals surface area contributed by atoms with Gasteiger partial charge in [0.2, 0.25) is 5.91 Å². The highest BCUT2D eigenvalue weighted by Gasteiger charge is 2.26. The minimum atomic E-state index is -0.736. The highest BCUT2D eigenvalue weighted by atomic mass is 16.5. The van der Waals surface area contributed by atoms with Crippen molar-refractivity contribution in [3.05, 3.63) is 72.1 Å². The number of benzene rings is 2. The molecule has 0 saturated heterocycles. The predicted octanol–water partition coefficient (Wildman–Crippen LogP) is 3.98. The molecule has 0 bridgehead atoms. The Hall–Kier alpha value is -3.94. The molecule has 1 unspecified atom stereocenters. The number of carbonyl (C=O) groups excluding carboxylic acids is 2. The van der Waals surface area contributed by atoms with Crippen LogP contribution < -0.4 is 20.1 Å². The van der Waals surface area contributed by atoms with Crippen LogP contribution in [-0.4, -0.2) is 34.9 Å². The quantitative estimate of drug-likeness (QED) is 0.556. The number of hydrogen-bond donors (Lipinski definition) is 2. The summed E-state index contributed by atoms with van der Waals surface area (Å²) < 4.78 is 10.9. The van der Waals surface area contributed by atoms with E-state index < -0.39 is 6.04 Å². The molecule has 3 rings (SSSR count). The van der Waals surface area contributed by atoms with Crippen LogP contribution in [0.2, 0.25) is 0 Å². The summed E-state index contributed by atoms with van der Waals surface area (Å²) in [6.07, 6.45) is 3.18. The van der Waals surface area contributed by atoms with Gasteiger partial charge in [0.05, 0.1) is 12.7 Å². The van der Waals surface area contributed by atoms with Crippen LogP contribution in [0.5, 0.6) is 17.5 Å². The Kier molecular flexibility index (Phi) is 7.38. The van der Waals surface area contributed by atoms with E-state index in [2.05, 4.69) is 20.6 Å². The number of anilines is 1. The van der Waals surface area contributed by atoms with Crippen LogP contribution in [0.25, 0.3) is 0 Å². The Balaban J connectivity index is 1.71. The van der Waals surface area contributed by atoms with Gasteiger partial charge in [-0.25, -0.2) is 9.97 Å². The van der Waals surface area contributed by atoms with Gasteiger partial charge in [-0.05, 0) is 54.8 Å². The molecule has 0 saturated carbocycles. The van der Waals surface area contributed by atoms with Crippen molar-refractivity contribution in [2.75, 3.05) is 12.4 Å². The molecule has 0 fully saturated rings. The highest BCUT2D eigenvalue weighted by molar-refractivity contribution is 6.02. The molecule has 2 aromatic carbocycles. The SMILES string of the molecule is COc1ccccc1C(=O)NC(C(=O)Nc1ccc(Oc2ncccn2)cc1C)C(C)C. The second-order valence-electron chi connectivity index (χ2n) is 7.49. The first-order chi connectivity index (χ1) is 15.4. The van der Waals surface area contributed by atoms with Crippen molar-refractivity contribution in [2.45, 2.75) is 26.8 Å². The zero-order valence-corrected chi connectivity index (χ0v) is 18.5. The molecule has 1 atom stereocenters. The first-order valence-electron chi connectivity index (χ1n) is 10.2. The third-order valence-corrected chi connectivity index (χ3v) is 4.79. The number of methoxy groups -OCH3 is 1. The average Bonchev–Trinajstić information content (AvgIpc) is 2.79. The monoisotopic (exact) mass is 434 g/mol. The second kappa shape index (κ2) is 10.4. The molecule has 2 N–H and O–H groups in total. The van der Waals surface area contributed by atoms with Crippen molar-refractivity contribution < 1.29 is 19.1 Å². The largest absolute Gasteiger partial charge is 0.496 e. The van der Waals surface area contributed by atoms with E-state index >= 15 is 0 Å². The predicted molar refractivity (Wildman–Crippen MR) is 121 cm³/mol. The fourth-order valence-electron chi connectivity index (χ4n) is 3.08. The van der Waals surface area contributed by atoms with Crippen molar-refractivity contribution >= 4 is 17.5 Å². The number of nitrogens with one attached hydrogen (secondary N) is 2. The minimum Gasteiger partial charge on any atom is -0.496 e. The Bertz CT molecular complexity index is 1090. The number of amides is 2. The molecule has 0 aliphatic heterocycles. The van der Waals surface area contributed by atoms with Crippen molar-refractivity contribution in [3.63, 3.8) is 0 Å².